The Labute approximate surface area is 227 Å². The molecule has 0 radical (unpaired) electrons. The Morgan fingerprint density at radius 1 is 0.444 bits per heavy atom. The molecule has 0 atom stereocenters. The van der Waals surface area contributed by atoms with Crippen LogP contribution in [0.3, 0.4) is 0 Å². The van der Waals surface area contributed by atoms with Gasteiger partial charge in [0.25, 0.3) is 0 Å². The first-order valence-corrected chi connectivity index (χ1v) is 11.2. The Morgan fingerprint density at radius 3 is 1.18 bits per heavy atom. The van der Waals surface area contributed by atoms with Crippen LogP contribution in [-0.4, -0.2) is 15.0 Å². The van der Waals surface area contributed by atoms with Gasteiger partial charge in [-0.2, -0.15) is 57.6 Å². The minimum atomic E-state index is 0. The van der Waals surface area contributed by atoms with Gasteiger partial charge in [0.1, 0.15) is 40.3 Å². The third-order valence-corrected chi connectivity index (χ3v) is 5.38. The fraction of sp³-hybridized carbons (Fsp3) is 0.0357. The van der Waals surface area contributed by atoms with Crippen LogP contribution in [0, 0.1) is 42.7 Å². The van der Waals surface area contributed by atoms with Gasteiger partial charge in [0.2, 0.25) is 11.9 Å². The molecule has 216 valence electrons. The molecule has 0 unspecified atom stereocenters. The first-order chi connectivity index (χ1) is 19.0. The molecule has 0 fully saturated rings. The van der Waals surface area contributed by atoms with Crippen molar-refractivity contribution in [3.63, 3.8) is 0 Å². The van der Waals surface area contributed by atoms with Crippen molar-refractivity contribution >= 4 is 23.3 Å². The van der Waals surface area contributed by atoms with Gasteiger partial charge < -0.3 is 39.1 Å². The molecule has 3 aromatic carbocycles. The molecule has 4 aromatic rings. The Balaban J connectivity index is -0.00000294. The van der Waals surface area contributed by atoms with Gasteiger partial charge in [0.05, 0.1) is 0 Å². The van der Waals surface area contributed by atoms with Crippen LogP contribution in [0.4, 0.5) is 23.3 Å². The topological polar surface area (TPSA) is 118 Å². The van der Waals surface area contributed by atoms with Crippen molar-refractivity contribution in [2.24, 2.45) is 0 Å². The molecule has 0 saturated heterocycles. The molecular weight excluding hydrogens is 2100 g/mol. The Bertz CT molecular complexity index is 1280. The molecule has 0 bridgehead atoms. The normalized spacial score (nSPS) is 9.02. The van der Waals surface area contributed by atoms with E-state index < -0.39 is 0 Å². The molecule has 1 heterocycles. The number of nitrogens with one attached hydrogen (secondary N) is 2. The quantitative estimate of drug-likeness (QED) is 0.164. The number of benzene rings is 3. The van der Waals surface area contributed by atoms with E-state index in [0.29, 0.717) is 58.1 Å². The van der Waals surface area contributed by atoms with Gasteiger partial charge >= 0.3 is 0 Å². The van der Waals surface area contributed by atoms with E-state index in [2.05, 4.69) is 68.2 Å². The third kappa shape index (κ3) is 7.78. The average Bonchev–Trinajstić information content (AvgIpc) is 2.96. The van der Waals surface area contributed by atoms with E-state index in [0.717, 1.165) is 5.56 Å². The molecule has 11 nitrogen and oxygen atoms in total. The van der Waals surface area contributed by atoms with Gasteiger partial charge in [0, 0.05) is 29.9 Å². The van der Waals surface area contributed by atoms with Crippen LogP contribution in [-0.2, 0) is 6.42 Å². The molecule has 0 amide bonds. The number of hydrogen-bond acceptors (Lipinski definition) is 11. The second kappa shape index (κ2) is 16.0. The van der Waals surface area contributed by atoms with Crippen LogP contribution in [0.15, 0.2) is 54.6 Å². The van der Waals surface area contributed by atoms with Crippen molar-refractivity contribution in [1.29, 1.82) is 0 Å². The molecule has 1 aromatic heterocycles. The molecule has 0 aliphatic carbocycles. The first kappa shape index (κ1) is 38.6. The summed E-state index contributed by atoms with van der Waals surface area (Å²) in [6.45, 7) is 0. The molecule has 0 spiro atoms. The minimum absolute atomic E-state index is 0. The zero-order chi connectivity index (χ0) is 27.8. The maximum atomic E-state index is 5.15. The van der Waals surface area contributed by atoms with Crippen LogP contribution < -0.4 is 39.1 Å². The van der Waals surface area contributed by atoms with E-state index in [-0.39, 0.29) is 11.9 Å². The standard InChI is InChI=1S/C28H25N5O6.6Rf/c1-34-20-10-7-17(13-23(20)37-4)14-26-31-27(29-18-8-11-21(35-2)24(15-18)38-5)33-28(32-26)30-19-9-12-22(36-3)25(16-19)39-6;;;;;;/h7-13,15-16H,1-6,14H2,(H2,29,30,31,32,33);;;;;;/q-6;;;;;;. The van der Waals surface area contributed by atoms with Crippen molar-refractivity contribution in [3.8, 4) is 34.5 Å². The summed E-state index contributed by atoms with van der Waals surface area (Å²) < 4.78 is 30.5. The number of ether oxygens (including phenoxy) is 6. The molecule has 4 rings (SSSR count). The summed E-state index contributed by atoms with van der Waals surface area (Å²) in [6.07, 6.45) is 0.336. The maximum absolute atomic E-state index is 5.15. The Hall–Kier alpha value is -10.9. The van der Waals surface area contributed by atoms with Gasteiger partial charge in [0.15, 0.2) is 0 Å². The predicted octanol–water partition coefficient (Wildman–Crippen LogP) is 5.97. The number of anilines is 4. The second-order valence-corrected chi connectivity index (χ2v) is 7.80. The van der Waals surface area contributed by atoms with Crippen LogP contribution in [0.25, 0.3) is 0 Å². The smallest absolute Gasteiger partial charge is 0.232 e. The van der Waals surface area contributed by atoms with Gasteiger partial charge in [-0.05, 0) is 42.0 Å². The predicted molar refractivity (Wildman–Crippen MR) is 144 cm³/mol. The number of aromatic nitrogens is 3. The number of nitrogens with zero attached hydrogens (tertiary/aromatic N) is 3. The van der Waals surface area contributed by atoms with Crippen molar-refractivity contribution in [3.05, 3.63) is 109 Å². The van der Waals surface area contributed by atoms with E-state index in [4.69, 9.17) is 28.4 Å². The van der Waals surface area contributed by atoms with E-state index >= 15 is 0 Å². The molecule has 0 aliphatic rings. The van der Waals surface area contributed by atoms with Crippen LogP contribution in [0.2, 0.25) is 0 Å². The molecule has 0 saturated carbocycles. The fourth-order valence-electron chi connectivity index (χ4n) is 3.58. The zero-order valence-electron chi connectivity index (χ0n) is 25.2. The van der Waals surface area contributed by atoms with Crippen molar-refractivity contribution in [2.45, 2.75) is 6.42 Å². The molecule has 2 N–H and O–H groups in total. The number of rotatable bonds is 12. The Morgan fingerprint density at radius 2 is 0.800 bits per heavy atom. The van der Waals surface area contributed by atoms with E-state index in [1.807, 2.05) is 6.07 Å². The summed E-state index contributed by atoms with van der Waals surface area (Å²) in [4.78, 5) is 13.7. The van der Waals surface area contributed by atoms with Gasteiger partial charge in [-0.15, -0.1) is 0 Å². The number of hydrogen-bond donors (Lipinski definition) is 2. The van der Waals surface area contributed by atoms with Crippen molar-refractivity contribution < 1.29 is 28.4 Å². The molecule has 0 aliphatic heterocycles. The Kier molecular flexibility index (Phi) is 13.7. The van der Waals surface area contributed by atoms with Gasteiger partial charge in [-0.3, -0.25) is 0 Å². The van der Waals surface area contributed by atoms with Crippen molar-refractivity contribution in [1.82, 2.24) is 15.0 Å². The molecular formula is C28H25N5O6Rf6-6. The van der Waals surface area contributed by atoms with Crippen LogP contribution in [0.5, 0.6) is 34.5 Å². The first-order valence-electron chi connectivity index (χ1n) is 11.2. The zero-order valence-corrected chi connectivity index (χ0v) is 63.6. The van der Waals surface area contributed by atoms with E-state index in [1.54, 1.807) is 48.5 Å². The molecule has 17 heteroatoms. The average molecular weight is 2130 g/mol. The van der Waals surface area contributed by atoms with Gasteiger partial charge in [-0.1, -0.05) is 6.07 Å². The summed E-state index contributed by atoms with van der Waals surface area (Å²) in [6, 6.07) is 15.5. The maximum Gasteiger partial charge on any atom is 0.232 e. The minimum Gasteiger partial charge on any atom is -0.663 e. The van der Waals surface area contributed by atoms with Crippen molar-refractivity contribution in [2.75, 3.05) is 10.6 Å². The monoisotopic (exact) mass is 2130 g/mol. The fourth-order valence-corrected chi connectivity index (χ4v) is 3.58. The van der Waals surface area contributed by atoms with Crippen LogP contribution in [0.1, 0.15) is 11.4 Å². The van der Waals surface area contributed by atoms with Crippen LogP contribution >= 0.6 is 0 Å². The summed E-state index contributed by atoms with van der Waals surface area (Å²) in [5.74, 6) is 3.45. The summed E-state index contributed by atoms with van der Waals surface area (Å²) in [5, 5.41) is 6.30. The SMILES string of the molecule is [CH2-]Oc1ccc(Cc2nc(Nc3ccc(O[CH2-])c(O[CH2-])c3)nc(Nc3ccc(O[CH2-])c(O[CH2-])c3)n2)cc1O[CH2-].[Rf].[Rf].[Rf].[Rf].[Rf].[Rf]. The summed E-state index contributed by atoms with van der Waals surface area (Å²) in [5.41, 5.74) is 2.07. The molecule has 45 heavy (non-hydrogen) atoms. The third-order valence-electron chi connectivity index (χ3n) is 5.38. The second-order valence-electron chi connectivity index (χ2n) is 7.80. The largest absolute Gasteiger partial charge is 0.663 e. The van der Waals surface area contributed by atoms with E-state index in [9.17, 15) is 0 Å². The summed E-state index contributed by atoms with van der Waals surface area (Å²) >= 11 is 0. The van der Waals surface area contributed by atoms with E-state index in [1.165, 1.54) is 0 Å². The van der Waals surface area contributed by atoms with Gasteiger partial charge in [-0.25, -0.2) is 0 Å². The summed E-state index contributed by atoms with van der Waals surface area (Å²) in [7, 11) is 20.6.